The Morgan fingerprint density at radius 2 is 2.23 bits per heavy atom. The van der Waals surface area contributed by atoms with Gasteiger partial charge >= 0.3 is 0 Å². The second kappa shape index (κ2) is 5.84. The highest BCUT2D eigenvalue weighted by molar-refractivity contribution is 6.32. The van der Waals surface area contributed by atoms with E-state index in [0.29, 0.717) is 19.1 Å². The van der Waals surface area contributed by atoms with Crippen molar-refractivity contribution in [2.45, 2.75) is 32.2 Å². The van der Waals surface area contributed by atoms with Gasteiger partial charge in [0, 0.05) is 53.9 Å². The van der Waals surface area contributed by atoms with Crippen LogP contribution in [0.25, 0.3) is 0 Å². The summed E-state index contributed by atoms with van der Waals surface area (Å²) in [5, 5.41) is 4.16. The highest BCUT2D eigenvalue weighted by Gasteiger charge is 2.39. The fraction of sp³-hybridized carbons (Fsp3) is 0.588. The average molecular weight is 322 g/mol. The second-order valence-electron chi connectivity index (χ2n) is 7.09. The summed E-state index contributed by atoms with van der Waals surface area (Å²) in [4.78, 5) is 16.9. The molecule has 0 spiro atoms. The summed E-state index contributed by atoms with van der Waals surface area (Å²) in [6.07, 6.45) is 0. The fourth-order valence-electron chi connectivity index (χ4n) is 3.62. The van der Waals surface area contributed by atoms with E-state index in [-0.39, 0.29) is 11.3 Å². The maximum Gasteiger partial charge on any atom is 0.241 e. The van der Waals surface area contributed by atoms with Crippen LogP contribution in [0, 0.1) is 0 Å². The smallest absolute Gasteiger partial charge is 0.241 e. The number of piperazine rings is 1. The molecule has 0 aliphatic carbocycles. The second-order valence-corrected chi connectivity index (χ2v) is 7.50. The Morgan fingerprint density at radius 1 is 1.45 bits per heavy atom. The first-order chi connectivity index (χ1) is 10.4. The first kappa shape index (κ1) is 15.8. The maximum atomic E-state index is 12.8. The summed E-state index contributed by atoms with van der Waals surface area (Å²) in [5.41, 5.74) is 1.98. The molecule has 1 saturated heterocycles. The van der Waals surface area contributed by atoms with Crippen molar-refractivity contribution in [3.05, 3.63) is 28.8 Å². The molecule has 1 fully saturated rings. The molecule has 2 aliphatic rings. The number of benzene rings is 1. The summed E-state index contributed by atoms with van der Waals surface area (Å²) in [6, 6.07) is 6.29. The summed E-state index contributed by atoms with van der Waals surface area (Å²) in [5.74, 6) is 0.170. The van der Waals surface area contributed by atoms with Crippen molar-refractivity contribution in [2.75, 3.05) is 37.6 Å². The number of halogens is 1. The third-order valence-corrected chi connectivity index (χ3v) is 4.94. The van der Waals surface area contributed by atoms with Crippen molar-refractivity contribution >= 4 is 23.2 Å². The van der Waals surface area contributed by atoms with E-state index in [2.05, 4.69) is 31.0 Å². The van der Waals surface area contributed by atoms with Gasteiger partial charge in [-0.1, -0.05) is 31.5 Å². The molecule has 22 heavy (non-hydrogen) atoms. The van der Waals surface area contributed by atoms with Gasteiger partial charge in [0.15, 0.2) is 0 Å². The Bertz CT molecular complexity index is 587. The summed E-state index contributed by atoms with van der Waals surface area (Å²) in [7, 11) is 0. The minimum absolute atomic E-state index is 0.0971. The zero-order chi connectivity index (χ0) is 15.9. The number of carbonyl (C=O) groups is 1. The number of anilines is 1. The van der Waals surface area contributed by atoms with E-state index >= 15 is 0 Å². The molecular weight excluding hydrogens is 298 g/mol. The SMILES string of the molecule is C[C@@H]1CN(CC(=O)N2CC(C)(C)c3c(Cl)cccc32)CCN1. The van der Waals surface area contributed by atoms with E-state index in [4.69, 9.17) is 11.6 Å². The van der Waals surface area contributed by atoms with E-state index in [1.165, 1.54) is 0 Å². The number of nitrogens with one attached hydrogen (secondary N) is 1. The zero-order valence-electron chi connectivity index (χ0n) is 13.5. The van der Waals surface area contributed by atoms with Gasteiger partial charge in [-0.05, 0) is 19.1 Å². The Balaban J connectivity index is 1.79. The van der Waals surface area contributed by atoms with Crippen LogP contribution in [0.3, 0.4) is 0 Å². The van der Waals surface area contributed by atoms with Crippen LogP contribution in [-0.4, -0.2) is 49.6 Å². The van der Waals surface area contributed by atoms with Crippen LogP contribution in [0.4, 0.5) is 5.69 Å². The molecule has 1 atom stereocenters. The number of amides is 1. The van der Waals surface area contributed by atoms with Gasteiger partial charge in [-0.25, -0.2) is 0 Å². The van der Waals surface area contributed by atoms with Gasteiger partial charge in [-0.3, -0.25) is 9.69 Å². The zero-order valence-corrected chi connectivity index (χ0v) is 14.3. The molecule has 1 aromatic carbocycles. The fourth-order valence-corrected chi connectivity index (χ4v) is 4.05. The van der Waals surface area contributed by atoms with Crippen LogP contribution >= 0.6 is 11.6 Å². The molecule has 1 N–H and O–H groups in total. The molecule has 1 amide bonds. The molecule has 0 unspecified atom stereocenters. The highest BCUT2D eigenvalue weighted by atomic mass is 35.5. The van der Waals surface area contributed by atoms with E-state index in [1.54, 1.807) is 0 Å². The maximum absolute atomic E-state index is 12.8. The van der Waals surface area contributed by atoms with Gasteiger partial charge in [0.05, 0.1) is 6.54 Å². The van der Waals surface area contributed by atoms with Crippen molar-refractivity contribution in [2.24, 2.45) is 0 Å². The molecular formula is C17H24ClN3O. The number of hydrogen-bond donors (Lipinski definition) is 1. The molecule has 1 aromatic rings. The molecule has 0 saturated carbocycles. The van der Waals surface area contributed by atoms with Crippen LogP contribution in [0.1, 0.15) is 26.3 Å². The molecule has 0 radical (unpaired) electrons. The molecule has 0 bridgehead atoms. The number of carbonyl (C=O) groups excluding carboxylic acids is 1. The predicted molar refractivity (Wildman–Crippen MR) is 90.7 cm³/mol. The van der Waals surface area contributed by atoms with E-state index in [1.807, 2.05) is 23.1 Å². The van der Waals surface area contributed by atoms with Crippen molar-refractivity contribution < 1.29 is 4.79 Å². The Labute approximate surface area is 137 Å². The summed E-state index contributed by atoms with van der Waals surface area (Å²) in [6.45, 7) is 10.4. The van der Waals surface area contributed by atoms with Crippen LogP contribution < -0.4 is 10.2 Å². The Kier molecular flexibility index (Phi) is 4.19. The minimum atomic E-state index is -0.0971. The molecule has 2 aliphatic heterocycles. The lowest BCUT2D eigenvalue weighted by Gasteiger charge is -2.32. The first-order valence-electron chi connectivity index (χ1n) is 7.93. The Morgan fingerprint density at radius 3 is 2.95 bits per heavy atom. The van der Waals surface area contributed by atoms with Crippen molar-refractivity contribution in [3.63, 3.8) is 0 Å². The third kappa shape index (κ3) is 2.87. The normalized spacial score (nSPS) is 24.4. The molecule has 120 valence electrons. The third-order valence-electron chi connectivity index (χ3n) is 4.63. The topological polar surface area (TPSA) is 35.6 Å². The summed E-state index contributed by atoms with van der Waals surface area (Å²) >= 11 is 6.38. The minimum Gasteiger partial charge on any atom is -0.312 e. The van der Waals surface area contributed by atoms with Gasteiger partial charge in [0.25, 0.3) is 0 Å². The van der Waals surface area contributed by atoms with Crippen LogP contribution in [0.5, 0.6) is 0 Å². The molecule has 3 rings (SSSR count). The quantitative estimate of drug-likeness (QED) is 0.907. The summed E-state index contributed by atoms with van der Waals surface area (Å²) < 4.78 is 0. The lowest BCUT2D eigenvalue weighted by molar-refractivity contribution is -0.120. The average Bonchev–Trinajstić information content (AvgIpc) is 2.72. The van der Waals surface area contributed by atoms with Gasteiger partial charge < -0.3 is 10.2 Å². The predicted octanol–water partition coefficient (Wildman–Crippen LogP) is 2.26. The highest BCUT2D eigenvalue weighted by Crippen LogP contribution is 2.44. The van der Waals surface area contributed by atoms with Gasteiger partial charge in [0.2, 0.25) is 5.91 Å². The number of fused-ring (bicyclic) bond motifs is 1. The largest absolute Gasteiger partial charge is 0.312 e. The Hall–Kier alpha value is -1.10. The lowest BCUT2D eigenvalue weighted by Crippen LogP contribution is -2.52. The molecule has 4 nitrogen and oxygen atoms in total. The number of rotatable bonds is 2. The van der Waals surface area contributed by atoms with E-state index < -0.39 is 0 Å². The monoisotopic (exact) mass is 321 g/mol. The van der Waals surface area contributed by atoms with E-state index in [9.17, 15) is 4.79 Å². The van der Waals surface area contributed by atoms with Crippen LogP contribution in [0.2, 0.25) is 5.02 Å². The molecule has 0 aromatic heterocycles. The van der Waals surface area contributed by atoms with Crippen LogP contribution in [0.15, 0.2) is 18.2 Å². The number of nitrogens with zero attached hydrogens (tertiary/aromatic N) is 2. The van der Waals surface area contributed by atoms with Crippen LogP contribution in [-0.2, 0) is 10.2 Å². The van der Waals surface area contributed by atoms with Crippen molar-refractivity contribution in [3.8, 4) is 0 Å². The van der Waals surface area contributed by atoms with E-state index in [0.717, 1.165) is 35.9 Å². The lowest BCUT2D eigenvalue weighted by atomic mass is 9.87. The van der Waals surface area contributed by atoms with Gasteiger partial charge in [-0.15, -0.1) is 0 Å². The molecule has 2 heterocycles. The van der Waals surface area contributed by atoms with Gasteiger partial charge in [-0.2, -0.15) is 0 Å². The first-order valence-corrected chi connectivity index (χ1v) is 8.31. The van der Waals surface area contributed by atoms with Crippen molar-refractivity contribution in [1.82, 2.24) is 10.2 Å². The standard InChI is InChI=1S/C17H24ClN3O/c1-12-9-20(8-7-19-12)10-15(22)21-11-17(2,3)16-13(18)5-4-6-14(16)21/h4-6,12,19H,7-11H2,1-3H3/t12-/m1/s1. The van der Waals surface area contributed by atoms with Gasteiger partial charge in [0.1, 0.15) is 0 Å². The van der Waals surface area contributed by atoms with Crippen molar-refractivity contribution in [1.29, 1.82) is 0 Å². The molecule has 5 heteroatoms. The number of hydrogen-bond acceptors (Lipinski definition) is 3.